The van der Waals surface area contributed by atoms with Gasteiger partial charge in [-0.25, -0.2) is 0 Å². The maximum atomic E-state index is 11.6. The summed E-state index contributed by atoms with van der Waals surface area (Å²) < 4.78 is 0. The van der Waals surface area contributed by atoms with E-state index in [1.54, 1.807) is 0 Å². The molecule has 2 aliphatic heterocycles. The lowest BCUT2D eigenvalue weighted by Crippen LogP contribution is -2.35. The summed E-state index contributed by atoms with van der Waals surface area (Å²) in [5, 5.41) is 3.08. The summed E-state index contributed by atoms with van der Waals surface area (Å²) in [6, 6.07) is 10.4. The summed E-state index contributed by atoms with van der Waals surface area (Å²) in [5.41, 5.74) is 5.12. The van der Waals surface area contributed by atoms with Crippen LogP contribution in [0.3, 0.4) is 0 Å². The summed E-state index contributed by atoms with van der Waals surface area (Å²) in [5.74, 6) is 0.172. The molecule has 3 rings (SSSR count). The van der Waals surface area contributed by atoms with Gasteiger partial charge >= 0.3 is 0 Å². The predicted molar refractivity (Wildman–Crippen MR) is 77.4 cm³/mol. The summed E-state index contributed by atoms with van der Waals surface area (Å²) in [7, 11) is 0. The normalized spacial score (nSPS) is 26.4. The van der Waals surface area contributed by atoms with Crippen molar-refractivity contribution in [2.24, 2.45) is 0 Å². The number of benzene rings is 1. The Hall–Kier alpha value is -1.81. The molecule has 0 aromatic heterocycles. The number of carbonyl (C=O) groups excluding carboxylic acids is 1. The van der Waals surface area contributed by atoms with Gasteiger partial charge in [-0.3, -0.25) is 15.1 Å². The Bertz CT molecular complexity index is 498. The molecule has 2 aliphatic rings. The largest absolute Gasteiger partial charge is 0.353 e. The summed E-state index contributed by atoms with van der Waals surface area (Å²) >= 11 is 0. The molecule has 1 saturated heterocycles. The molecule has 0 saturated carbocycles. The maximum Gasteiger partial charge on any atom is 0.220 e. The van der Waals surface area contributed by atoms with Gasteiger partial charge in [0.2, 0.25) is 5.91 Å². The number of rotatable bonds is 3. The molecule has 2 heterocycles. The first-order chi connectivity index (χ1) is 9.81. The summed E-state index contributed by atoms with van der Waals surface area (Å²) in [6.07, 6.45) is 6.76. The first kappa shape index (κ1) is 13.2. The van der Waals surface area contributed by atoms with Gasteiger partial charge in [0.25, 0.3) is 0 Å². The maximum absolute atomic E-state index is 11.6. The quantitative estimate of drug-likeness (QED) is 0.888. The molecular weight excluding hydrogens is 252 g/mol. The van der Waals surface area contributed by atoms with Gasteiger partial charge in [0.1, 0.15) is 6.10 Å². The third kappa shape index (κ3) is 3.20. The zero-order chi connectivity index (χ0) is 13.8. The molecule has 1 aromatic rings. The highest BCUT2D eigenvalue weighted by molar-refractivity contribution is 5.76. The second kappa shape index (κ2) is 6.09. The summed E-state index contributed by atoms with van der Waals surface area (Å²) in [6.45, 7) is 0. The monoisotopic (exact) mass is 272 g/mol. The standard InChI is InChI=1S/C16H20N2O2/c19-16-9-5-4-8-13(17-16)10-14-11-15(18-20-14)12-6-2-1-3-7-12/h1-3,6-7,11,13-14,18H,4-5,8-10H2,(H,17,19). The predicted octanol–water partition coefficient (Wildman–Crippen LogP) is 2.38. The van der Waals surface area contributed by atoms with Crippen LogP contribution < -0.4 is 10.8 Å². The summed E-state index contributed by atoms with van der Waals surface area (Å²) in [4.78, 5) is 17.2. The van der Waals surface area contributed by atoms with Crippen molar-refractivity contribution in [1.82, 2.24) is 10.8 Å². The molecule has 1 aromatic carbocycles. The van der Waals surface area contributed by atoms with Gasteiger partial charge in [-0.15, -0.1) is 0 Å². The first-order valence-electron chi connectivity index (χ1n) is 7.29. The van der Waals surface area contributed by atoms with Crippen molar-refractivity contribution in [3.8, 4) is 0 Å². The van der Waals surface area contributed by atoms with E-state index in [4.69, 9.17) is 4.84 Å². The molecule has 1 fully saturated rings. The molecule has 4 nitrogen and oxygen atoms in total. The number of hydrogen-bond acceptors (Lipinski definition) is 3. The Morgan fingerprint density at radius 2 is 2.05 bits per heavy atom. The fraction of sp³-hybridized carbons (Fsp3) is 0.438. The minimum absolute atomic E-state index is 0.0219. The fourth-order valence-electron chi connectivity index (χ4n) is 2.79. The van der Waals surface area contributed by atoms with Crippen LogP contribution in [0, 0.1) is 0 Å². The average Bonchev–Trinajstić information content (AvgIpc) is 2.83. The second-order valence-corrected chi connectivity index (χ2v) is 5.45. The molecular formula is C16H20N2O2. The minimum Gasteiger partial charge on any atom is -0.353 e. The van der Waals surface area contributed by atoms with Gasteiger partial charge in [-0.05, 0) is 24.5 Å². The molecule has 1 amide bonds. The molecule has 2 atom stereocenters. The van der Waals surface area contributed by atoms with Crippen molar-refractivity contribution in [2.45, 2.75) is 44.2 Å². The average molecular weight is 272 g/mol. The second-order valence-electron chi connectivity index (χ2n) is 5.45. The van der Waals surface area contributed by atoms with E-state index < -0.39 is 0 Å². The van der Waals surface area contributed by atoms with Crippen LogP contribution in [0.4, 0.5) is 0 Å². The van der Waals surface area contributed by atoms with Crippen LogP contribution >= 0.6 is 0 Å². The van der Waals surface area contributed by atoms with Crippen molar-refractivity contribution in [1.29, 1.82) is 0 Å². The number of hydrogen-bond donors (Lipinski definition) is 2. The molecule has 20 heavy (non-hydrogen) atoms. The zero-order valence-corrected chi connectivity index (χ0v) is 11.5. The van der Waals surface area contributed by atoms with Crippen LogP contribution in [0.2, 0.25) is 0 Å². The topological polar surface area (TPSA) is 50.4 Å². The van der Waals surface area contributed by atoms with Gasteiger partial charge < -0.3 is 5.32 Å². The van der Waals surface area contributed by atoms with E-state index in [1.807, 2.05) is 18.2 Å². The molecule has 2 unspecified atom stereocenters. The number of hydroxylamine groups is 1. The van der Waals surface area contributed by atoms with Crippen molar-refractivity contribution in [2.75, 3.05) is 0 Å². The van der Waals surface area contributed by atoms with Gasteiger partial charge in [0, 0.05) is 18.9 Å². The number of amides is 1. The zero-order valence-electron chi connectivity index (χ0n) is 11.5. The Labute approximate surface area is 119 Å². The Morgan fingerprint density at radius 1 is 1.20 bits per heavy atom. The third-order valence-corrected chi connectivity index (χ3v) is 3.85. The highest BCUT2D eigenvalue weighted by Crippen LogP contribution is 2.22. The SMILES string of the molecule is O=C1CCCCC(CC2C=C(c3ccccc3)NO2)N1. The fourth-order valence-corrected chi connectivity index (χ4v) is 2.79. The Morgan fingerprint density at radius 3 is 2.90 bits per heavy atom. The first-order valence-corrected chi connectivity index (χ1v) is 7.29. The van der Waals surface area contributed by atoms with Crippen LogP contribution in [0.25, 0.3) is 5.70 Å². The molecule has 0 radical (unpaired) electrons. The van der Waals surface area contributed by atoms with E-state index in [-0.39, 0.29) is 18.1 Å². The van der Waals surface area contributed by atoms with E-state index in [0.29, 0.717) is 6.42 Å². The molecule has 4 heteroatoms. The highest BCUT2D eigenvalue weighted by atomic mass is 16.7. The van der Waals surface area contributed by atoms with Crippen molar-refractivity contribution >= 4 is 11.6 Å². The lowest BCUT2D eigenvalue weighted by Gasteiger charge is -2.18. The van der Waals surface area contributed by atoms with Crippen LogP contribution in [0.1, 0.15) is 37.7 Å². The Balaban J connectivity index is 1.62. The van der Waals surface area contributed by atoms with Crippen LogP contribution in [0.15, 0.2) is 36.4 Å². The van der Waals surface area contributed by atoms with Gasteiger partial charge in [-0.2, -0.15) is 0 Å². The van der Waals surface area contributed by atoms with Crippen molar-refractivity contribution < 1.29 is 9.63 Å². The van der Waals surface area contributed by atoms with E-state index in [0.717, 1.165) is 36.9 Å². The third-order valence-electron chi connectivity index (χ3n) is 3.85. The Kier molecular flexibility index (Phi) is 4.02. The van der Waals surface area contributed by atoms with Crippen LogP contribution in [-0.2, 0) is 9.63 Å². The smallest absolute Gasteiger partial charge is 0.220 e. The van der Waals surface area contributed by atoms with E-state index >= 15 is 0 Å². The lowest BCUT2D eigenvalue weighted by atomic mass is 10.0. The van der Waals surface area contributed by atoms with Gasteiger partial charge in [0.15, 0.2) is 0 Å². The number of nitrogens with one attached hydrogen (secondary N) is 2. The number of carbonyl (C=O) groups is 1. The molecule has 0 aliphatic carbocycles. The molecule has 2 N–H and O–H groups in total. The van der Waals surface area contributed by atoms with Crippen LogP contribution in [-0.4, -0.2) is 18.1 Å². The van der Waals surface area contributed by atoms with Gasteiger partial charge in [-0.1, -0.05) is 36.8 Å². The van der Waals surface area contributed by atoms with E-state index in [9.17, 15) is 4.79 Å². The molecule has 106 valence electrons. The molecule has 0 bridgehead atoms. The van der Waals surface area contributed by atoms with E-state index in [2.05, 4.69) is 29.0 Å². The van der Waals surface area contributed by atoms with Crippen molar-refractivity contribution in [3.05, 3.63) is 42.0 Å². The lowest BCUT2D eigenvalue weighted by molar-refractivity contribution is -0.121. The molecule has 0 spiro atoms. The van der Waals surface area contributed by atoms with E-state index in [1.165, 1.54) is 0 Å². The van der Waals surface area contributed by atoms with Crippen LogP contribution in [0.5, 0.6) is 0 Å². The van der Waals surface area contributed by atoms with Gasteiger partial charge in [0.05, 0.1) is 5.70 Å². The van der Waals surface area contributed by atoms with Crippen molar-refractivity contribution in [3.63, 3.8) is 0 Å². The highest BCUT2D eigenvalue weighted by Gasteiger charge is 2.24. The minimum atomic E-state index is 0.0219.